The topological polar surface area (TPSA) is 30.5 Å². The number of ether oxygens (including phenoxy) is 2. The largest absolute Gasteiger partial charge is 0.489 e. The molecule has 0 amide bonds. The average molecular weight is 297 g/mol. The van der Waals surface area contributed by atoms with Crippen molar-refractivity contribution in [2.75, 3.05) is 19.8 Å². The predicted molar refractivity (Wildman–Crippen MR) is 88.1 cm³/mol. The first-order valence-electron chi connectivity index (χ1n) is 7.97. The molecule has 1 aliphatic heterocycles. The van der Waals surface area contributed by atoms with E-state index in [-0.39, 0.29) is 0 Å². The lowest BCUT2D eigenvalue weighted by Crippen LogP contribution is -2.30. The zero-order chi connectivity index (χ0) is 15.0. The van der Waals surface area contributed by atoms with Crippen LogP contribution in [-0.4, -0.2) is 25.8 Å². The minimum Gasteiger partial charge on any atom is -0.489 e. The van der Waals surface area contributed by atoms with Crippen molar-refractivity contribution in [3.63, 3.8) is 0 Å². The first-order valence-corrected chi connectivity index (χ1v) is 7.97. The lowest BCUT2D eigenvalue weighted by atomic mass is 10.1. The zero-order valence-corrected chi connectivity index (χ0v) is 12.8. The number of hydrogen-bond acceptors (Lipinski definition) is 3. The van der Waals surface area contributed by atoms with E-state index in [1.54, 1.807) is 0 Å². The third-order valence-corrected chi connectivity index (χ3v) is 3.92. The van der Waals surface area contributed by atoms with Crippen LogP contribution in [0.1, 0.15) is 17.5 Å². The van der Waals surface area contributed by atoms with Gasteiger partial charge >= 0.3 is 0 Å². The highest BCUT2D eigenvalue weighted by Gasteiger charge is 2.13. The monoisotopic (exact) mass is 297 g/mol. The van der Waals surface area contributed by atoms with Crippen molar-refractivity contribution >= 4 is 0 Å². The van der Waals surface area contributed by atoms with Crippen molar-refractivity contribution < 1.29 is 9.47 Å². The van der Waals surface area contributed by atoms with Crippen LogP contribution in [0.4, 0.5) is 0 Å². The summed E-state index contributed by atoms with van der Waals surface area (Å²) in [7, 11) is 0. The molecule has 1 heterocycles. The molecule has 22 heavy (non-hydrogen) atoms. The fraction of sp³-hybridized carbons (Fsp3) is 0.368. The van der Waals surface area contributed by atoms with Crippen LogP contribution in [0.2, 0.25) is 0 Å². The lowest BCUT2D eigenvalue weighted by Gasteiger charge is -2.11. The van der Waals surface area contributed by atoms with Gasteiger partial charge in [0.25, 0.3) is 0 Å². The van der Waals surface area contributed by atoms with Crippen LogP contribution < -0.4 is 10.1 Å². The van der Waals surface area contributed by atoms with E-state index in [0.717, 1.165) is 38.3 Å². The Morgan fingerprint density at radius 2 is 1.91 bits per heavy atom. The molecular formula is C19H23NO2. The molecule has 0 radical (unpaired) electrons. The number of benzene rings is 2. The highest BCUT2D eigenvalue weighted by atomic mass is 16.5. The summed E-state index contributed by atoms with van der Waals surface area (Å²) in [6.45, 7) is 3.33. The molecule has 0 saturated carbocycles. The van der Waals surface area contributed by atoms with Gasteiger partial charge < -0.3 is 14.8 Å². The van der Waals surface area contributed by atoms with Crippen molar-refractivity contribution in [3.05, 3.63) is 65.7 Å². The van der Waals surface area contributed by atoms with Crippen LogP contribution in [0.5, 0.6) is 5.75 Å². The highest BCUT2D eigenvalue weighted by Crippen LogP contribution is 2.15. The van der Waals surface area contributed by atoms with Gasteiger partial charge in [-0.1, -0.05) is 42.5 Å². The van der Waals surface area contributed by atoms with Gasteiger partial charge in [0.1, 0.15) is 12.4 Å². The van der Waals surface area contributed by atoms with Crippen molar-refractivity contribution in [1.29, 1.82) is 0 Å². The molecule has 1 aliphatic rings. The van der Waals surface area contributed by atoms with Gasteiger partial charge in [-0.2, -0.15) is 0 Å². The third-order valence-electron chi connectivity index (χ3n) is 3.92. The molecule has 1 saturated heterocycles. The van der Waals surface area contributed by atoms with E-state index in [0.29, 0.717) is 12.6 Å². The molecule has 3 heteroatoms. The van der Waals surface area contributed by atoms with E-state index in [1.165, 1.54) is 11.1 Å². The van der Waals surface area contributed by atoms with Gasteiger partial charge in [0, 0.05) is 12.6 Å². The number of rotatable bonds is 7. The van der Waals surface area contributed by atoms with Gasteiger partial charge in [-0.05, 0) is 42.6 Å². The number of hydrogen-bond donors (Lipinski definition) is 1. The summed E-state index contributed by atoms with van der Waals surface area (Å²) in [6.07, 6.45) is 2.14. The molecule has 1 N–H and O–H groups in total. The van der Waals surface area contributed by atoms with Crippen molar-refractivity contribution in [1.82, 2.24) is 5.32 Å². The van der Waals surface area contributed by atoms with Crippen molar-refractivity contribution in [3.8, 4) is 5.75 Å². The van der Waals surface area contributed by atoms with Crippen LogP contribution >= 0.6 is 0 Å². The standard InChI is InChI=1S/C19H23NO2/c1-2-5-17(6-3-1)14-22-19-8-4-7-16(13-19)9-11-20-18-10-12-21-15-18/h1-8,13,18,20H,9-12,14-15H2. The normalized spacial score (nSPS) is 17.5. The van der Waals surface area contributed by atoms with E-state index >= 15 is 0 Å². The van der Waals surface area contributed by atoms with Crippen molar-refractivity contribution in [2.24, 2.45) is 0 Å². The quantitative estimate of drug-likeness (QED) is 0.851. The van der Waals surface area contributed by atoms with Crippen LogP contribution in [0.15, 0.2) is 54.6 Å². The number of nitrogens with one attached hydrogen (secondary N) is 1. The Bertz CT molecular complexity index is 565. The lowest BCUT2D eigenvalue weighted by molar-refractivity contribution is 0.190. The Balaban J connectivity index is 1.47. The summed E-state index contributed by atoms with van der Waals surface area (Å²) in [6, 6.07) is 19.1. The molecule has 0 spiro atoms. The van der Waals surface area contributed by atoms with Gasteiger partial charge in [0.15, 0.2) is 0 Å². The molecule has 3 nitrogen and oxygen atoms in total. The summed E-state index contributed by atoms with van der Waals surface area (Å²) in [4.78, 5) is 0. The fourth-order valence-electron chi connectivity index (χ4n) is 2.65. The minimum absolute atomic E-state index is 0.525. The van der Waals surface area contributed by atoms with E-state index < -0.39 is 0 Å². The fourth-order valence-corrected chi connectivity index (χ4v) is 2.65. The van der Waals surface area contributed by atoms with Gasteiger partial charge in [-0.3, -0.25) is 0 Å². The summed E-state index contributed by atoms with van der Waals surface area (Å²) in [5.74, 6) is 0.936. The third kappa shape index (κ3) is 4.58. The first-order chi connectivity index (χ1) is 10.9. The van der Waals surface area contributed by atoms with Crippen LogP contribution in [0.25, 0.3) is 0 Å². The SMILES string of the molecule is c1ccc(COc2cccc(CCNC3CCOC3)c2)cc1. The maximum Gasteiger partial charge on any atom is 0.120 e. The molecule has 3 rings (SSSR count). The zero-order valence-electron chi connectivity index (χ0n) is 12.8. The Kier molecular flexibility index (Phi) is 5.46. The average Bonchev–Trinajstić information content (AvgIpc) is 3.08. The summed E-state index contributed by atoms with van der Waals surface area (Å²) >= 11 is 0. The smallest absolute Gasteiger partial charge is 0.120 e. The second kappa shape index (κ2) is 7.97. The second-order valence-electron chi connectivity index (χ2n) is 5.69. The molecule has 116 valence electrons. The molecule has 1 unspecified atom stereocenters. The van der Waals surface area contributed by atoms with Gasteiger partial charge in [0.05, 0.1) is 6.61 Å². The van der Waals surface area contributed by atoms with Gasteiger partial charge in [-0.25, -0.2) is 0 Å². The summed E-state index contributed by atoms with van der Waals surface area (Å²) < 4.78 is 11.2. The molecular weight excluding hydrogens is 274 g/mol. The maximum absolute atomic E-state index is 5.87. The van der Waals surface area contributed by atoms with Gasteiger partial charge in [0.2, 0.25) is 0 Å². The molecule has 0 bridgehead atoms. The Hall–Kier alpha value is -1.84. The Morgan fingerprint density at radius 3 is 2.73 bits per heavy atom. The molecule has 0 aliphatic carbocycles. The van der Waals surface area contributed by atoms with Crippen LogP contribution in [-0.2, 0) is 17.8 Å². The van der Waals surface area contributed by atoms with Gasteiger partial charge in [-0.15, -0.1) is 0 Å². The highest BCUT2D eigenvalue weighted by molar-refractivity contribution is 5.29. The minimum atomic E-state index is 0.525. The molecule has 0 aromatic heterocycles. The van der Waals surface area contributed by atoms with E-state index in [9.17, 15) is 0 Å². The molecule has 2 aromatic rings. The van der Waals surface area contributed by atoms with E-state index in [2.05, 4.69) is 35.6 Å². The predicted octanol–water partition coefficient (Wildman–Crippen LogP) is 3.19. The summed E-state index contributed by atoms with van der Waals surface area (Å²) in [5.41, 5.74) is 2.49. The molecule has 1 atom stereocenters. The Labute approximate surface area is 132 Å². The summed E-state index contributed by atoms with van der Waals surface area (Å²) in [5, 5.41) is 3.54. The molecule has 2 aromatic carbocycles. The van der Waals surface area contributed by atoms with Crippen LogP contribution in [0.3, 0.4) is 0 Å². The van der Waals surface area contributed by atoms with E-state index in [1.807, 2.05) is 24.3 Å². The molecule has 1 fully saturated rings. The van der Waals surface area contributed by atoms with Crippen molar-refractivity contribution in [2.45, 2.75) is 25.5 Å². The van der Waals surface area contributed by atoms with Crippen LogP contribution in [0, 0.1) is 0 Å². The first kappa shape index (κ1) is 15.1. The maximum atomic E-state index is 5.87. The van der Waals surface area contributed by atoms with E-state index in [4.69, 9.17) is 9.47 Å². The Morgan fingerprint density at radius 1 is 1.05 bits per heavy atom. The second-order valence-corrected chi connectivity index (χ2v) is 5.69.